The van der Waals surface area contributed by atoms with E-state index < -0.39 is 10.0 Å². The molecule has 2 aliphatic rings. The average Bonchev–Trinajstić information content (AvgIpc) is 3.35. The zero-order valence-corrected chi connectivity index (χ0v) is 22.6. The Labute approximate surface area is 223 Å². The van der Waals surface area contributed by atoms with Crippen LogP contribution in [0.1, 0.15) is 16.7 Å². The van der Waals surface area contributed by atoms with Gasteiger partial charge in [0.2, 0.25) is 0 Å². The van der Waals surface area contributed by atoms with E-state index in [1.165, 1.54) is 39.3 Å². The summed E-state index contributed by atoms with van der Waals surface area (Å²) in [6.45, 7) is 7.19. The molecule has 0 saturated carbocycles. The number of halogens is 1. The Morgan fingerprint density at radius 3 is 2.41 bits per heavy atom. The van der Waals surface area contributed by atoms with Gasteiger partial charge in [-0.3, -0.25) is 9.10 Å². The number of carbonyl (C=O) groups excluding carboxylic acids is 1. The number of hydrogen-bond donors (Lipinski definition) is 0. The van der Waals surface area contributed by atoms with Crippen molar-refractivity contribution in [3.8, 4) is 5.75 Å². The number of fused-ring (bicyclic) bond motifs is 1. The first-order valence-corrected chi connectivity index (χ1v) is 14.2. The molecule has 3 aromatic carbocycles. The van der Waals surface area contributed by atoms with E-state index in [0.717, 1.165) is 18.7 Å². The molecule has 7 nitrogen and oxygen atoms in total. The standard InChI is InChI=1S/C28H30ClN3O4S/c1-20-6-5-9-25(21(20)2)30-14-16-31(17-15-30)28(33)19-36-27-11-10-23(18-24(27)29)37(34,35)32-13-12-22-7-3-4-8-26(22)32/h3-11,18H,12-17,19H2,1-2H3. The van der Waals surface area contributed by atoms with Gasteiger partial charge in [-0.25, -0.2) is 8.42 Å². The number of nitrogens with zero attached hydrogens (tertiary/aromatic N) is 3. The lowest BCUT2D eigenvalue weighted by Gasteiger charge is -2.37. The molecule has 0 spiro atoms. The first kappa shape index (κ1) is 25.4. The Morgan fingerprint density at radius 1 is 0.919 bits per heavy atom. The summed E-state index contributed by atoms with van der Waals surface area (Å²) in [5.74, 6) is 0.159. The molecule has 1 saturated heterocycles. The highest BCUT2D eigenvalue weighted by Gasteiger charge is 2.31. The van der Waals surface area contributed by atoms with E-state index in [9.17, 15) is 13.2 Å². The number of rotatable bonds is 6. The molecule has 194 valence electrons. The Hall–Kier alpha value is -3.23. The van der Waals surface area contributed by atoms with Crippen LogP contribution in [0.3, 0.4) is 0 Å². The van der Waals surface area contributed by atoms with Crippen LogP contribution in [0, 0.1) is 13.8 Å². The number of amides is 1. The van der Waals surface area contributed by atoms with E-state index in [1.807, 2.05) is 24.3 Å². The minimum absolute atomic E-state index is 0.0930. The van der Waals surface area contributed by atoms with Crippen molar-refractivity contribution < 1.29 is 17.9 Å². The Bertz CT molecular complexity index is 1440. The summed E-state index contributed by atoms with van der Waals surface area (Å²) in [6.07, 6.45) is 0.672. The molecule has 37 heavy (non-hydrogen) atoms. The number of anilines is 2. The van der Waals surface area contributed by atoms with Crippen LogP contribution in [0.4, 0.5) is 11.4 Å². The largest absolute Gasteiger partial charge is 0.482 e. The van der Waals surface area contributed by atoms with Crippen molar-refractivity contribution >= 4 is 38.9 Å². The van der Waals surface area contributed by atoms with Crippen LogP contribution < -0.4 is 13.9 Å². The van der Waals surface area contributed by atoms with Gasteiger partial charge in [0.25, 0.3) is 15.9 Å². The molecule has 0 aliphatic carbocycles. The maximum Gasteiger partial charge on any atom is 0.264 e. The van der Waals surface area contributed by atoms with Crippen molar-refractivity contribution in [2.45, 2.75) is 25.2 Å². The lowest BCUT2D eigenvalue weighted by Crippen LogP contribution is -2.50. The molecular weight excluding hydrogens is 510 g/mol. The molecule has 0 N–H and O–H groups in total. The van der Waals surface area contributed by atoms with E-state index >= 15 is 0 Å². The third-order valence-corrected chi connectivity index (χ3v) is 9.34. The van der Waals surface area contributed by atoms with Crippen molar-refractivity contribution in [3.63, 3.8) is 0 Å². The molecule has 0 atom stereocenters. The second kappa shape index (κ2) is 10.3. The highest BCUT2D eigenvalue weighted by Crippen LogP contribution is 2.35. The molecule has 1 amide bonds. The van der Waals surface area contributed by atoms with Crippen molar-refractivity contribution in [2.24, 2.45) is 0 Å². The molecular formula is C28H30ClN3O4S. The zero-order chi connectivity index (χ0) is 26.2. The first-order valence-electron chi connectivity index (χ1n) is 12.4. The molecule has 0 unspecified atom stereocenters. The topological polar surface area (TPSA) is 70.2 Å². The maximum atomic E-state index is 13.3. The number of hydrogen-bond acceptors (Lipinski definition) is 5. The van der Waals surface area contributed by atoms with Crippen LogP contribution in [0.15, 0.2) is 65.6 Å². The van der Waals surface area contributed by atoms with Crippen LogP contribution in [-0.4, -0.2) is 58.6 Å². The quantitative estimate of drug-likeness (QED) is 0.463. The predicted octanol–water partition coefficient (Wildman–Crippen LogP) is 4.44. The van der Waals surface area contributed by atoms with Crippen LogP contribution in [0.2, 0.25) is 5.02 Å². The molecule has 3 aromatic rings. The van der Waals surface area contributed by atoms with Crippen LogP contribution in [-0.2, 0) is 21.2 Å². The highest BCUT2D eigenvalue weighted by molar-refractivity contribution is 7.92. The van der Waals surface area contributed by atoms with Gasteiger partial charge in [0, 0.05) is 38.4 Å². The van der Waals surface area contributed by atoms with Crippen molar-refractivity contribution in [2.75, 3.05) is 48.5 Å². The minimum atomic E-state index is -3.76. The number of para-hydroxylation sites is 1. The lowest BCUT2D eigenvalue weighted by atomic mass is 10.1. The number of ether oxygens (including phenoxy) is 1. The summed E-state index contributed by atoms with van der Waals surface area (Å²) in [6, 6.07) is 18.2. The predicted molar refractivity (Wildman–Crippen MR) is 146 cm³/mol. The van der Waals surface area contributed by atoms with Gasteiger partial charge in [0.05, 0.1) is 15.6 Å². The number of carbonyl (C=O) groups is 1. The minimum Gasteiger partial charge on any atom is -0.482 e. The van der Waals surface area contributed by atoms with Crippen LogP contribution >= 0.6 is 11.6 Å². The maximum absolute atomic E-state index is 13.3. The second-order valence-corrected chi connectivity index (χ2v) is 11.7. The SMILES string of the molecule is Cc1cccc(N2CCN(C(=O)COc3ccc(S(=O)(=O)N4CCc5ccccc54)cc3Cl)CC2)c1C. The van der Waals surface area contributed by atoms with Crippen LogP contribution in [0.5, 0.6) is 5.75 Å². The molecule has 0 bridgehead atoms. The van der Waals surface area contributed by atoms with Gasteiger partial charge < -0.3 is 14.5 Å². The van der Waals surface area contributed by atoms with Gasteiger partial charge in [-0.05, 0) is 67.3 Å². The Balaban J connectivity index is 1.19. The molecule has 9 heteroatoms. The van der Waals surface area contributed by atoms with Crippen LogP contribution in [0.25, 0.3) is 0 Å². The van der Waals surface area contributed by atoms with E-state index in [-0.39, 0.29) is 28.2 Å². The van der Waals surface area contributed by atoms with Crippen molar-refractivity contribution in [1.29, 1.82) is 0 Å². The van der Waals surface area contributed by atoms with Gasteiger partial charge in [-0.15, -0.1) is 0 Å². The molecule has 0 aromatic heterocycles. The van der Waals surface area contributed by atoms with E-state index in [0.29, 0.717) is 31.7 Å². The molecule has 1 fully saturated rings. The monoisotopic (exact) mass is 539 g/mol. The second-order valence-electron chi connectivity index (χ2n) is 9.42. The summed E-state index contributed by atoms with van der Waals surface area (Å²) >= 11 is 6.39. The molecule has 5 rings (SSSR count). The Morgan fingerprint density at radius 2 is 1.65 bits per heavy atom. The van der Waals surface area contributed by atoms with E-state index in [1.54, 1.807) is 4.90 Å². The fourth-order valence-electron chi connectivity index (χ4n) is 4.95. The summed E-state index contributed by atoms with van der Waals surface area (Å²) in [4.78, 5) is 17.0. The molecule has 0 radical (unpaired) electrons. The summed E-state index contributed by atoms with van der Waals surface area (Å²) < 4.78 is 33.6. The van der Waals surface area contributed by atoms with Gasteiger partial charge >= 0.3 is 0 Å². The van der Waals surface area contributed by atoms with Gasteiger partial charge in [0.1, 0.15) is 5.75 Å². The lowest BCUT2D eigenvalue weighted by molar-refractivity contribution is -0.133. The number of piperazine rings is 1. The van der Waals surface area contributed by atoms with Gasteiger partial charge in [-0.2, -0.15) is 0 Å². The number of sulfonamides is 1. The van der Waals surface area contributed by atoms with Gasteiger partial charge in [-0.1, -0.05) is 41.9 Å². The molecule has 2 heterocycles. The summed E-state index contributed by atoms with van der Waals surface area (Å²) in [7, 11) is -3.76. The summed E-state index contributed by atoms with van der Waals surface area (Å²) in [5, 5.41) is 0.154. The number of benzene rings is 3. The summed E-state index contributed by atoms with van der Waals surface area (Å²) in [5.41, 5.74) is 5.43. The van der Waals surface area contributed by atoms with Crippen molar-refractivity contribution in [3.05, 3.63) is 82.4 Å². The van der Waals surface area contributed by atoms with Crippen molar-refractivity contribution in [1.82, 2.24) is 4.90 Å². The Kier molecular flexibility index (Phi) is 7.05. The van der Waals surface area contributed by atoms with E-state index in [4.69, 9.17) is 16.3 Å². The van der Waals surface area contributed by atoms with E-state index in [2.05, 4.69) is 36.9 Å². The molecule has 2 aliphatic heterocycles. The van der Waals surface area contributed by atoms with Gasteiger partial charge in [0.15, 0.2) is 6.61 Å². The normalized spacial score (nSPS) is 15.6. The highest BCUT2D eigenvalue weighted by atomic mass is 35.5. The zero-order valence-electron chi connectivity index (χ0n) is 21.0. The first-order chi connectivity index (χ1) is 17.8. The average molecular weight is 540 g/mol. The third kappa shape index (κ3) is 5.00. The number of aryl methyl sites for hydroxylation is 1. The fourth-order valence-corrected chi connectivity index (χ4v) is 6.78. The fraction of sp³-hybridized carbons (Fsp3) is 0.321. The third-order valence-electron chi connectivity index (χ3n) is 7.24. The smallest absolute Gasteiger partial charge is 0.264 e.